The number of aromatic carboxylic acids is 1. The molecule has 0 aliphatic carbocycles. The van der Waals surface area contributed by atoms with Crippen molar-refractivity contribution in [3.05, 3.63) is 47.5 Å². The van der Waals surface area contributed by atoms with Crippen LogP contribution in [0.25, 0.3) is 5.65 Å². The average molecular weight is 284 g/mol. The van der Waals surface area contributed by atoms with Crippen molar-refractivity contribution < 1.29 is 9.90 Å². The molecule has 8 heteroatoms. The van der Waals surface area contributed by atoms with Crippen molar-refractivity contribution in [1.82, 2.24) is 25.3 Å². The Kier molecular flexibility index (Phi) is 3.42. The van der Waals surface area contributed by atoms with Crippen LogP contribution >= 0.6 is 0 Å². The van der Waals surface area contributed by atoms with Crippen LogP contribution in [0, 0.1) is 0 Å². The first-order valence-corrected chi connectivity index (χ1v) is 6.34. The summed E-state index contributed by atoms with van der Waals surface area (Å²) in [5.41, 5.74) is 1.93. The number of rotatable bonds is 5. The lowest BCUT2D eigenvalue weighted by molar-refractivity contribution is 0.0697. The zero-order valence-corrected chi connectivity index (χ0v) is 11.0. The molecule has 8 nitrogen and oxygen atoms in total. The predicted molar refractivity (Wildman–Crippen MR) is 74.2 cm³/mol. The van der Waals surface area contributed by atoms with Crippen LogP contribution in [0.15, 0.2) is 36.4 Å². The smallest absolute Gasteiger partial charge is 0.335 e. The lowest BCUT2D eigenvalue weighted by Crippen LogP contribution is -2.08. The van der Waals surface area contributed by atoms with Crippen molar-refractivity contribution in [1.29, 1.82) is 0 Å². The molecule has 0 saturated carbocycles. The van der Waals surface area contributed by atoms with Gasteiger partial charge in [0.05, 0.1) is 5.56 Å². The van der Waals surface area contributed by atoms with Crippen molar-refractivity contribution in [3.63, 3.8) is 0 Å². The molecule has 0 fully saturated rings. The second kappa shape index (κ2) is 5.53. The van der Waals surface area contributed by atoms with Gasteiger partial charge in [-0.05, 0) is 46.7 Å². The van der Waals surface area contributed by atoms with Crippen LogP contribution in [0.2, 0.25) is 0 Å². The number of nitrogens with one attached hydrogen (secondary N) is 1. The Hall–Kier alpha value is -3.03. The van der Waals surface area contributed by atoms with Crippen LogP contribution in [-0.2, 0) is 6.42 Å². The standard InChI is InChI=1S/C13H12N6O2/c20-13(21)10-3-1-9(2-4-10)7-8-14-11-5-6-12-15-17-18-19(12)16-11/h1-6H,7-8H2,(H,14,16)(H,20,21). The topological polar surface area (TPSA) is 105 Å². The zero-order valence-electron chi connectivity index (χ0n) is 11.0. The minimum Gasteiger partial charge on any atom is -0.478 e. The van der Waals surface area contributed by atoms with E-state index in [4.69, 9.17) is 5.11 Å². The van der Waals surface area contributed by atoms with Crippen molar-refractivity contribution in [2.75, 3.05) is 11.9 Å². The number of hydrogen-bond donors (Lipinski definition) is 2. The van der Waals surface area contributed by atoms with Gasteiger partial charge in [0.2, 0.25) is 0 Å². The number of benzene rings is 1. The van der Waals surface area contributed by atoms with Crippen molar-refractivity contribution in [2.24, 2.45) is 0 Å². The van der Waals surface area contributed by atoms with Gasteiger partial charge in [-0.1, -0.05) is 12.1 Å². The number of carbonyl (C=O) groups is 1. The Morgan fingerprint density at radius 1 is 1.19 bits per heavy atom. The van der Waals surface area contributed by atoms with Gasteiger partial charge in [-0.3, -0.25) is 0 Å². The molecule has 1 aromatic carbocycles. The Morgan fingerprint density at radius 2 is 2.00 bits per heavy atom. The van der Waals surface area contributed by atoms with Crippen molar-refractivity contribution in [2.45, 2.75) is 6.42 Å². The van der Waals surface area contributed by atoms with Gasteiger partial charge in [0.25, 0.3) is 0 Å². The molecular formula is C13H12N6O2. The summed E-state index contributed by atoms with van der Waals surface area (Å²) in [6.07, 6.45) is 0.759. The SMILES string of the molecule is O=C(O)c1ccc(CCNc2ccc3nnnn3n2)cc1. The molecule has 2 aromatic heterocycles. The van der Waals surface area contributed by atoms with Gasteiger partial charge >= 0.3 is 5.97 Å². The first-order valence-electron chi connectivity index (χ1n) is 6.34. The summed E-state index contributed by atoms with van der Waals surface area (Å²) >= 11 is 0. The van der Waals surface area contributed by atoms with E-state index in [0.717, 1.165) is 12.0 Å². The highest BCUT2D eigenvalue weighted by atomic mass is 16.4. The molecule has 0 radical (unpaired) electrons. The highest BCUT2D eigenvalue weighted by Gasteiger charge is 2.02. The van der Waals surface area contributed by atoms with Gasteiger partial charge in [-0.15, -0.1) is 14.8 Å². The van der Waals surface area contributed by atoms with Crippen LogP contribution in [0.1, 0.15) is 15.9 Å². The maximum absolute atomic E-state index is 10.8. The van der Waals surface area contributed by atoms with Crippen molar-refractivity contribution in [3.8, 4) is 0 Å². The normalized spacial score (nSPS) is 10.7. The zero-order chi connectivity index (χ0) is 14.7. The van der Waals surface area contributed by atoms with Crippen LogP contribution in [0.5, 0.6) is 0 Å². The summed E-state index contributed by atoms with van der Waals surface area (Å²) in [5, 5.41) is 27.2. The van der Waals surface area contributed by atoms with Gasteiger partial charge in [-0.2, -0.15) is 0 Å². The highest BCUT2D eigenvalue weighted by Crippen LogP contribution is 2.07. The number of fused-ring (bicyclic) bond motifs is 1. The molecule has 0 amide bonds. The predicted octanol–water partition coefficient (Wildman–Crippen LogP) is 0.872. The van der Waals surface area contributed by atoms with Gasteiger partial charge in [0.1, 0.15) is 5.82 Å². The minimum atomic E-state index is -0.918. The molecule has 106 valence electrons. The fraction of sp³-hybridized carbons (Fsp3) is 0.154. The quantitative estimate of drug-likeness (QED) is 0.716. The summed E-state index contributed by atoms with van der Waals surface area (Å²) in [6.45, 7) is 0.674. The van der Waals surface area contributed by atoms with Gasteiger partial charge in [-0.25, -0.2) is 4.79 Å². The molecular weight excluding hydrogens is 272 g/mol. The summed E-state index contributed by atoms with van der Waals surface area (Å²) < 4.78 is 1.35. The monoisotopic (exact) mass is 284 g/mol. The van der Waals surface area contributed by atoms with Crippen LogP contribution in [0.3, 0.4) is 0 Å². The Morgan fingerprint density at radius 3 is 2.76 bits per heavy atom. The first kappa shape index (κ1) is 13.0. The van der Waals surface area contributed by atoms with E-state index in [-0.39, 0.29) is 5.56 Å². The van der Waals surface area contributed by atoms with Gasteiger partial charge in [0, 0.05) is 6.54 Å². The van der Waals surface area contributed by atoms with Crippen molar-refractivity contribution >= 4 is 17.4 Å². The molecule has 0 bridgehead atoms. The van der Waals surface area contributed by atoms with E-state index in [0.29, 0.717) is 18.0 Å². The lowest BCUT2D eigenvalue weighted by Gasteiger charge is -2.05. The third kappa shape index (κ3) is 2.94. The van der Waals surface area contributed by atoms with Crippen LogP contribution < -0.4 is 5.32 Å². The summed E-state index contributed by atoms with van der Waals surface area (Å²) in [7, 11) is 0. The number of hydrogen-bond acceptors (Lipinski definition) is 6. The maximum atomic E-state index is 10.8. The molecule has 0 saturated heterocycles. The van der Waals surface area contributed by atoms with E-state index in [2.05, 4.69) is 25.9 Å². The Bertz CT molecular complexity index is 768. The third-order valence-electron chi connectivity index (χ3n) is 2.99. The molecule has 0 atom stereocenters. The molecule has 2 heterocycles. The molecule has 3 aromatic rings. The second-order valence-electron chi connectivity index (χ2n) is 4.42. The fourth-order valence-electron chi connectivity index (χ4n) is 1.89. The summed E-state index contributed by atoms with van der Waals surface area (Å²) in [5.74, 6) is -0.240. The third-order valence-corrected chi connectivity index (χ3v) is 2.99. The molecule has 0 spiro atoms. The Balaban J connectivity index is 1.58. The van der Waals surface area contributed by atoms with E-state index < -0.39 is 5.97 Å². The van der Waals surface area contributed by atoms with E-state index in [1.165, 1.54) is 4.63 Å². The van der Waals surface area contributed by atoms with E-state index in [1.807, 2.05) is 12.1 Å². The molecule has 3 rings (SSSR count). The molecule has 0 aliphatic rings. The van der Waals surface area contributed by atoms with E-state index in [1.54, 1.807) is 24.3 Å². The number of tetrazole rings is 1. The number of carboxylic acids is 1. The highest BCUT2D eigenvalue weighted by molar-refractivity contribution is 5.87. The van der Waals surface area contributed by atoms with Gasteiger partial charge < -0.3 is 10.4 Å². The van der Waals surface area contributed by atoms with Gasteiger partial charge in [0.15, 0.2) is 5.65 Å². The molecule has 0 unspecified atom stereocenters. The number of aromatic nitrogens is 5. The number of carboxylic acid groups (broad SMARTS) is 1. The maximum Gasteiger partial charge on any atom is 0.335 e. The number of nitrogens with zero attached hydrogens (tertiary/aromatic N) is 5. The minimum absolute atomic E-state index is 0.289. The Labute approximate surface area is 119 Å². The van der Waals surface area contributed by atoms with E-state index >= 15 is 0 Å². The molecule has 0 aliphatic heterocycles. The first-order chi connectivity index (χ1) is 10.2. The summed E-state index contributed by atoms with van der Waals surface area (Å²) in [4.78, 5) is 10.8. The number of anilines is 1. The molecule has 21 heavy (non-hydrogen) atoms. The summed E-state index contributed by atoms with van der Waals surface area (Å²) in [6, 6.07) is 10.4. The lowest BCUT2D eigenvalue weighted by atomic mass is 10.1. The van der Waals surface area contributed by atoms with Crippen LogP contribution in [-0.4, -0.2) is 42.9 Å². The largest absolute Gasteiger partial charge is 0.478 e. The average Bonchev–Trinajstić information content (AvgIpc) is 2.95. The second-order valence-corrected chi connectivity index (χ2v) is 4.42. The van der Waals surface area contributed by atoms with E-state index in [9.17, 15) is 4.79 Å². The van der Waals surface area contributed by atoms with Crippen LogP contribution in [0.4, 0.5) is 5.82 Å². The molecule has 2 N–H and O–H groups in total. The fourth-order valence-corrected chi connectivity index (χ4v) is 1.89.